The van der Waals surface area contributed by atoms with Crippen LogP contribution in [0.2, 0.25) is 0 Å². The lowest BCUT2D eigenvalue weighted by atomic mass is 9.81. The van der Waals surface area contributed by atoms with Crippen molar-refractivity contribution in [1.82, 2.24) is 9.88 Å². The number of hydrogen-bond donors (Lipinski definition) is 1. The van der Waals surface area contributed by atoms with Gasteiger partial charge in [0, 0.05) is 23.1 Å². The maximum Gasteiger partial charge on any atom is 0.233 e. The molecule has 4 heteroatoms. The van der Waals surface area contributed by atoms with E-state index in [-0.39, 0.29) is 29.7 Å². The van der Waals surface area contributed by atoms with Crippen LogP contribution in [0.25, 0.3) is 10.9 Å². The molecule has 2 aliphatic rings. The number of fused-ring (bicyclic) bond motifs is 2. The van der Waals surface area contributed by atoms with Crippen LogP contribution in [0.1, 0.15) is 38.2 Å². The molecule has 4 rings (SSSR count). The number of hydrogen-bond acceptors (Lipinski definition) is 2. The van der Waals surface area contributed by atoms with E-state index in [1.54, 1.807) is 4.90 Å². The highest BCUT2D eigenvalue weighted by atomic mass is 16.2. The number of nitrogens with zero attached hydrogens (tertiary/aromatic N) is 1. The number of aromatic nitrogens is 1. The van der Waals surface area contributed by atoms with Crippen LogP contribution < -0.4 is 0 Å². The largest absolute Gasteiger partial charge is 0.361 e. The third-order valence-electron chi connectivity index (χ3n) is 5.51. The molecule has 1 saturated carbocycles. The SMILES string of the molecule is C[C@H](Cc1c[nH]c2ccccc12)N1C(=O)[C@H]2CCCC[C@@H]2C1=O. The van der Waals surface area contributed by atoms with E-state index in [0.717, 1.165) is 31.2 Å². The zero-order chi connectivity index (χ0) is 16.0. The topological polar surface area (TPSA) is 53.2 Å². The standard InChI is InChI=1S/C19H22N2O2/c1-12(10-13-11-20-17-9-5-4-6-14(13)17)21-18(22)15-7-2-3-8-16(15)19(21)23/h4-6,9,11-12,15-16,20H,2-3,7-8,10H2,1H3/t12-,15+,16+/m1/s1. The van der Waals surface area contributed by atoms with Crippen molar-refractivity contribution in [3.8, 4) is 0 Å². The van der Waals surface area contributed by atoms with Gasteiger partial charge in [-0.15, -0.1) is 0 Å². The quantitative estimate of drug-likeness (QED) is 0.885. The number of carbonyl (C=O) groups is 2. The highest BCUT2D eigenvalue weighted by Crippen LogP contribution is 2.39. The summed E-state index contributed by atoms with van der Waals surface area (Å²) in [7, 11) is 0. The molecule has 0 spiro atoms. The zero-order valence-electron chi connectivity index (χ0n) is 13.4. The number of H-pyrrole nitrogens is 1. The van der Waals surface area contributed by atoms with Gasteiger partial charge in [-0.05, 0) is 37.8 Å². The molecule has 1 aromatic heterocycles. The lowest BCUT2D eigenvalue weighted by Gasteiger charge is -2.23. The molecular weight excluding hydrogens is 288 g/mol. The van der Waals surface area contributed by atoms with Gasteiger partial charge in [-0.2, -0.15) is 0 Å². The van der Waals surface area contributed by atoms with Gasteiger partial charge in [0.05, 0.1) is 11.8 Å². The number of aromatic amines is 1. The first kappa shape index (κ1) is 14.5. The number of para-hydroxylation sites is 1. The Kier molecular flexibility index (Phi) is 3.47. The average Bonchev–Trinajstić information content (AvgIpc) is 3.08. The van der Waals surface area contributed by atoms with Crippen LogP contribution in [0.5, 0.6) is 0 Å². The second-order valence-electron chi connectivity index (χ2n) is 6.96. The van der Waals surface area contributed by atoms with Crippen LogP contribution in [-0.2, 0) is 16.0 Å². The minimum absolute atomic E-state index is 0.0540. The molecule has 23 heavy (non-hydrogen) atoms. The first-order valence-electron chi connectivity index (χ1n) is 8.58. The van der Waals surface area contributed by atoms with Gasteiger partial charge in [0.1, 0.15) is 0 Å². The Morgan fingerprint density at radius 1 is 1.13 bits per heavy atom. The zero-order valence-corrected chi connectivity index (χ0v) is 13.4. The fourth-order valence-electron chi connectivity index (χ4n) is 4.33. The van der Waals surface area contributed by atoms with Gasteiger partial charge in [0.25, 0.3) is 0 Å². The van der Waals surface area contributed by atoms with Crippen molar-refractivity contribution >= 4 is 22.7 Å². The van der Waals surface area contributed by atoms with Crippen LogP contribution in [0, 0.1) is 11.8 Å². The second kappa shape index (κ2) is 5.52. The van der Waals surface area contributed by atoms with E-state index in [9.17, 15) is 9.59 Å². The van der Waals surface area contributed by atoms with Crippen molar-refractivity contribution in [2.45, 2.75) is 45.1 Å². The Hall–Kier alpha value is -2.10. The molecule has 2 heterocycles. The summed E-state index contributed by atoms with van der Waals surface area (Å²) in [6, 6.07) is 8.07. The maximum atomic E-state index is 12.7. The van der Waals surface area contributed by atoms with E-state index in [0.29, 0.717) is 6.42 Å². The Morgan fingerprint density at radius 2 is 1.78 bits per heavy atom. The smallest absolute Gasteiger partial charge is 0.233 e. The third kappa shape index (κ3) is 2.28. The molecule has 2 aromatic rings. The fraction of sp³-hybridized carbons (Fsp3) is 0.474. The van der Waals surface area contributed by atoms with Gasteiger partial charge >= 0.3 is 0 Å². The summed E-state index contributed by atoms with van der Waals surface area (Å²) in [5.41, 5.74) is 2.27. The van der Waals surface area contributed by atoms with Crippen molar-refractivity contribution in [3.05, 3.63) is 36.0 Å². The minimum Gasteiger partial charge on any atom is -0.361 e. The molecule has 1 N–H and O–H groups in total. The van der Waals surface area contributed by atoms with Crippen molar-refractivity contribution in [2.75, 3.05) is 0 Å². The molecule has 1 saturated heterocycles. The molecular formula is C19H22N2O2. The number of rotatable bonds is 3. The predicted octanol–water partition coefficient (Wildman–Crippen LogP) is 3.27. The molecule has 2 fully saturated rings. The van der Waals surface area contributed by atoms with E-state index in [1.807, 2.05) is 31.3 Å². The summed E-state index contributed by atoms with van der Waals surface area (Å²) in [4.78, 5) is 30.2. The molecule has 3 atom stereocenters. The number of nitrogens with one attached hydrogen (secondary N) is 1. The van der Waals surface area contributed by atoms with Crippen molar-refractivity contribution in [3.63, 3.8) is 0 Å². The first-order valence-corrected chi connectivity index (χ1v) is 8.58. The average molecular weight is 310 g/mol. The Morgan fingerprint density at radius 3 is 2.48 bits per heavy atom. The second-order valence-corrected chi connectivity index (χ2v) is 6.96. The lowest BCUT2D eigenvalue weighted by Crippen LogP contribution is -2.40. The Labute approximate surface area is 135 Å². The van der Waals surface area contributed by atoms with E-state index in [4.69, 9.17) is 0 Å². The van der Waals surface area contributed by atoms with Crippen LogP contribution in [0.4, 0.5) is 0 Å². The van der Waals surface area contributed by atoms with Crippen molar-refractivity contribution < 1.29 is 9.59 Å². The summed E-state index contributed by atoms with van der Waals surface area (Å²) in [6.45, 7) is 1.99. The molecule has 1 aromatic carbocycles. The number of imide groups is 1. The van der Waals surface area contributed by atoms with Crippen LogP contribution in [0.15, 0.2) is 30.5 Å². The first-order chi connectivity index (χ1) is 11.2. The molecule has 1 aliphatic heterocycles. The Bertz CT molecular complexity index is 740. The van der Waals surface area contributed by atoms with E-state index >= 15 is 0 Å². The van der Waals surface area contributed by atoms with E-state index < -0.39 is 0 Å². The van der Waals surface area contributed by atoms with Crippen LogP contribution in [-0.4, -0.2) is 27.7 Å². The van der Waals surface area contributed by atoms with Gasteiger partial charge in [0.2, 0.25) is 11.8 Å². The summed E-state index contributed by atoms with van der Waals surface area (Å²) in [5, 5.41) is 1.18. The molecule has 0 bridgehead atoms. The highest BCUT2D eigenvalue weighted by molar-refractivity contribution is 6.05. The fourth-order valence-corrected chi connectivity index (χ4v) is 4.33. The molecule has 4 nitrogen and oxygen atoms in total. The Balaban J connectivity index is 1.58. The van der Waals surface area contributed by atoms with Crippen LogP contribution >= 0.6 is 0 Å². The van der Waals surface area contributed by atoms with Gasteiger partial charge in [-0.25, -0.2) is 0 Å². The monoisotopic (exact) mass is 310 g/mol. The highest BCUT2D eigenvalue weighted by Gasteiger charge is 2.49. The van der Waals surface area contributed by atoms with Crippen molar-refractivity contribution in [2.24, 2.45) is 11.8 Å². The third-order valence-corrected chi connectivity index (χ3v) is 5.51. The molecule has 120 valence electrons. The predicted molar refractivity (Wildman–Crippen MR) is 88.8 cm³/mol. The number of amides is 2. The number of carbonyl (C=O) groups excluding carboxylic acids is 2. The summed E-state index contributed by atoms with van der Waals surface area (Å²) < 4.78 is 0. The van der Waals surface area contributed by atoms with Gasteiger partial charge < -0.3 is 4.98 Å². The number of likely N-dealkylation sites (tertiary alicyclic amines) is 1. The summed E-state index contributed by atoms with van der Waals surface area (Å²) in [5.74, 6) is 0.0161. The molecule has 2 amide bonds. The lowest BCUT2D eigenvalue weighted by molar-refractivity contribution is -0.142. The van der Waals surface area contributed by atoms with Gasteiger partial charge in [-0.3, -0.25) is 14.5 Å². The number of benzene rings is 1. The summed E-state index contributed by atoms with van der Waals surface area (Å²) in [6.07, 6.45) is 6.62. The van der Waals surface area contributed by atoms with E-state index in [2.05, 4.69) is 11.1 Å². The van der Waals surface area contributed by atoms with E-state index in [1.165, 1.54) is 10.9 Å². The summed E-state index contributed by atoms with van der Waals surface area (Å²) >= 11 is 0. The van der Waals surface area contributed by atoms with Gasteiger partial charge in [-0.1, -0.05) is 31.0 Å². The maximum absolute atomic E-state index is 12.7. The van der Waals surface area contributed by atoms with Crippen LogP contribution in [0.3, 0.4) is 0 Å². The minimum atomic E-state index is -0.0835. The normalized spacial score (nSPS) is 25.9. The molecule has 0 unspecified atom stereocenters. The van der Waals surface area contributed by atoms with Crippen molar-refractivity contribution in [1.29, 1.82) is 0 Å². The molecule has 0 radical (unpaired) electrons. The van der Waals surface area contributed by atoms with Gasteiger partial charge in [0.15, 0.2) is 0 Å². The molecule has 1 aliphatic carbocycles.